The van der Waals surface area contributed by atoms with Crippen LogP contribution in [0, 0.1) is 26.2 Å². The van der Waals surface area contributed by atoms with Crippen LogP contribution < -0.4 is 4.57 Å². The summed E-state index contributed by atoms with van der Waals surface area (Å²) in [7, 11) is 1.72. The molecular weight excluding hydrogens is 315 g/mol. The van der Waals surface area contributed by atoms with E-state index < -0.39 is 6.85 Å². The summed E-state index contributed by atoms with van der Waals surface area (Å²) in [5, 5.41) is 1.05. The summed E-state index contributed by atoms with van der Waals surface area (Å²) in [4.78, 5) is 3.50. The van der Waals surface area contributed by atoms with Crippen molar-refractivity contribution in [3.05, 3.63) is 71.0 Å². The first-order chi connectivity index (χ1) is 13.2. The maximum absolute atomic E-state index is 13.6. The summed E-state index contributed by atoms with van der Waals surface area (Å²) >= 11 is 0. The maximum atomic E-state index is 13.6. The number of aryl methyl sites for hydroxylation is 3. The van der Waals surface area contributed by atoms with E-state index in [0.717, 1.165) is 0 Å². The minimum Gasteiger partial charge on any atom is -0.466 e. The van der Waals surface area contributed by atoms with E-state index in [1.807, 2.05) is 0 Å². The molecule has 2 heterocycles. The van der Waals surface area contributed by atoms with Gasteiger partial charge in [-0.1, -0.05) is 24.3 Å². The van der Waals surface area contributed by atoms with E-state index in [9.17, 15) is 4.39 Å². The minimum atomic E-state index is -2.35. The molecule has 0 N–H and O–H groups in total. The van der Waals surface area contributed by atoms with E-state index in [1.165, 1.54) is 12.3 Å². The van der Waals surface area contributed by atoms with Gasteiger partial charge in [0.05, 0.1) is 12.1 Å². The molecule has 4 heteroatoms. The second-order valence-corrected chi connectivity index (χ2v) is 6.03. The molecule has 0 unspecified atom stereocenters. The Morgan fingerprint density at radius 1 is 1.20 bits per heavy atom. The molecule has 4 aromatic rings. The summed E-state index contributed by atoms with van der Waals surface area (Å²) in [5.41, 5.74) is 3.30. The molecular formula is C21H16FN2O+. The number of fused-ring (bicyclic) bond motifs is 3. The van der Waals surface area contributed by atoms with E-state index in [1.54, 1.807) is 48.9 Å². The van der Waals surface area contributed by atoms with Gasteiger partial charge in [0.1, 0.15) is 18.2 Å². The smallest absolute Gasteiger partial charge is 0.229 e. The summed E-state index contributed by atoms with van der Waals surface area (Å²) in [6.07, 6.45) is 1.35. The third kappa shape index (κ3) is 2.20. The van der Waals surface area contributed by atoms with Gasteiger partial charge in [-0.05, 0) is 31.0 Å². The molecule has 4 rings (SSSR count). The third-order valence-corrected chi connectivity index (χ3v) is 4.42. The molecule has 0 bridgehead atoms. The highest BCUT2D eigenvalue weighted by Crippen LogP contribution is 2.41. The molecule has 25 heavy (non-hydrogen) atoms. The second-order valence-electron chi connectivity index (χ2n) is 6.03. The Balaban J connectivity index is 2.25. The standard InChI is InChI=1S/C21H16FN2O/c1-12-10-13(2)19(17-9-8-14(22)11-24(17)4)21-18(12)15-6-5-7-16(23-3)20(15)25-21/h5-11H,1-2,4H3/q+1/i1D3. The van der Waals surface area contributed by atoms with E-state index in [2.05, 4.69) is 4.85 Å². The topological polar surface area (TPSA) is 21.4 Å². The zero-order valence-electron chi connectivity index (χ0n) is 16.7. The maximum Gasteiger partial charge on any atom is 0.229 e. The van der Waals surface area contributed by atoms with Crippen LogP contribution in [-0.4, -0.2) is 0 Å². The average Bonchev–Trinajstić information content (AvgIpc) is 3.00. The summed E-state index contributed by atoms with van der Waals surface area (Å²) in [5.74, 6) is -0.376. The predicted molar refractivity (Wildman–Crippen MR) is 96.0 cm³/mol. The number of halogens is 1. The fourth-order valence-electron chi connectivity index (χ4n) is 3.33. The van der Waals surface area contributed by atoms with Crippen molar-refractivity contribution in [2.75, 3.05) is 0 Å². The van der Waals surface area contributed by atoms with Crippen molar-refractivity contribution in [1.29, 1.82) is 0 Å². The van der Waals surface area contributed by atoms with Crippen molar-refractivity contribution < 1.29 is 17.5 Å². The molecule has 0 amide bonds. The number of rotatable bonds is 1. The Kier molecular flexibility index (Phi) is 2.65. The molecule has 2 aromatic carbocycles. The van der Waals surface area contributed by atoms with Crippen LogP contribution in [0.3, 0.4) is 0 Å². The van der Waals surface area contributed by atoms with E-state index in [-0.39, 0.29) is 11.4 Å². The van der Waals surface area contributed by atoms with Gasteiger partial charge in [-0.3, -0.25) is 0 Å². The molecule has 0 atom stereocenters. The Morgan fingerprint density at radius 3 is 2.76 bits per heavy atom. The van der Waals surface area contributed by atoms with Crippen LogP contribution in [0.15, 0.2) is 47.0 Å². The van der Waals surface area contributed by atoms with Gasteiger partial charge in [0.2, 0.25) is 17.6 Å². The molecule has 0 spiro atoms. The Morgan fingerprint density at radius 2 is 2.04 bits per heavy atom. The van der Waals surface area contributed by atoms with Crippen LogP contribution >= 0.6 is 0 Å². The Labute approximate surface area is 149 Å². The molecule has 0 saturated heterocycles. The molecule has 122 valence electrons. The number of pyridine rings is 1. The summed E-state index contributed by atoms with van der Waals surface area (Å²) < 4.78 is 45.3. The highest BCUT2D eigenvalue weighted by Gasteiger charge is 2.23. The number of furan rings is 1. The highest BCUT2D eigenvalue weighted by molar-refractivity contribution is 6.14. The van der Waals surface area contributed by atoms with Crippen molar-refractivity contribution in [3.8, 4) is 11.3 Å². The van der Waals surface area contributed by atoms with Gasteiger partial charge in [0.15, 0.2) is 5.82 Å². The fourth-order valence-corrected chi connectivity index (χ4v) is 3.33. The van der Waals surface area contributed by atoms with Gasteiger partial charge < -0.3 is 4.42 Å². The Bertz CT molecular complexity index is 1300. The fraction of sp³-hybridized carbons (Fsp3) is 0.143. The SMILES string of the molecule is [2H]C([2H])([2H])c1cc(C)c(-c2ccc(F)c[n+]2C)c2oc3c([N+]#[C-])cccc3c12. The van der Waals surface area contributed by atoms with Crippen LogP contribution in [0.5, 0.6) is 0 Å². The number of hydrogen-bond donors (Lipinski definition) is 0. The van der Waals surface area contributed by atoms with Crippen molar-refractivity contribution in [3.63, 3.8) is 0 Å². The van der Waals surface area contributed by atoms with E-state index in [0.29, 0.717) is 44.4 Å². The molecule has 0 aliphatic carbocycles. The quantitative estimate of drug-likeness (QED) is 0.338. The Hall–Kier alpha value is -3.19. The monoisotopic (exact) mass is 334 g/mol. The summed E-state index contributed by atoms with van der Waals surface area (Å²) in [6, 6.07) is 9.73. The first kappa shape index (κ1) is 12.2. The largest absolute Gasteiger partial charge is 0.466 e. The van der Waals surface area contributed by atoms with Crippen molar-refractivity contribution in [2.24, 2.45) is 7.05 Å². The van der Waals surface area contributed by atoms with Crippen molar-refractivity contribution >= 4 is 27.6 Å². The molecule has 0 aliphatic heterocycles. The average molecular weight is 334 g/mol. The normalized spacial score (nSPS) is 13.4. The minimum absolute atomic E-state index is 0.175. The van der Waals surface area contributed by atoms with Gasteiger partial charge in [0, 0.05) is 21.0 Å². The number of benzene rings is 2. The highest BCUT2D eigenvalue weighted by atomic mass is 19.1. The lowest BCUT2D eigenvalue weighted by molar-refractivity contribution is -0.661. The number of nitrogens with zero attached hydrogens (tertiary/aromatic N) is 2. The first-order valence-corrected chi connectivity index (χ1v) is 7.74. The lowest BCUT2D eigenvalue weighted by Gasteiger charge is -2.07. The van der Waals surface area contributed by atoms with Crippen LogP contribution in [0.2, 0.25) is 0 Å². The van der Waals surface area contributed by atoms with Gasteiger partial charge in [-0.25, -0.2) is 9.24 Å². The molecule has 0 radical (unpaired) electrons. The lowest BCUT2D eigenvalue weighted by Crippen LogP contribution is -2.31. The number of hydrogen-bond acceptors (Lipinski definition) is 1. The van der Waals surface area contributed by atoms with Gasteiger partial charge in [0.25, 0.3) is 0 Å². The predicted octanol–water partition coefficient (Wildman–Crippen LogP) is 5.38. The lowest BCUT2D eigenvalue weighted by atomic mass is 9.97. The zero-order chi connectivity index (χ0) is 20.2. The molecule has 0 aliphatic rings. The first-order valence-electron chi connectivity index (χ1n) is 9.24. The molecule has 0 fully saturated rings. The van der Waals surface area contributed by atoms with Crippen LogP contribution in [0.4, 0.5) is 10.1 Å². The molecule has 2 aromatic heterocycles. The second kappa shape index (κ2) is 5.42. The van der Waals surface area contributed by atoms with E-state index in [4.69, 9.17) is 15.1 Å². The number of aromatic nitrogens is 1. The van der Waals surface area contributed by atoms with Gasteiger partial charge >= 0.3 is 0 Å². The van der Waals surface area contributed by atoms with Crippen LogP contribution in [-0.2, 0) is 7.05 Å². The van der Waals surface area contributed by atoms with Crippen molar-refractivity contribution in [2.45, 2.75) is 13.8 Å². The van der Waals surface area contributed by atoms with Crippen molar-refractivity contribution in [1.82, 2.24) is 0 Å². The third-order valence-electron chi connectivity index (χ3n) is 4.42. The zero-order valence-corrected chi connectivity index (χ0v) is 13.7. The number of para-hydroxylation sites is 1. The van der Waals surface area contributed by atoms with Gasteiger partial charge in [-0.15, -0.1) is 0 Å². The molecule has 3 nitrogen and oxygen atoms in total. The van der Waals surface area contributed by atoms with Crippen LogP contribution in [0.1, 0.15) is 15.2 Å². The van der Waals surface area contributed by atoms with E-state index >= 15 is 0 Å². The summed E-state index contributed by atoms with van der Waals surface area (Å²) in [6.45, 7) is 6.85. The van der Waals surface area contributed by atoms with Gasteiger partial charge in [-0.2, -0.15) is 4.57 Å². The van der Waals surface area contributed by atoms with Crippen LogP contribution in [0.25, 0.3) is 38.0 Å². The molecule has 0 saturated carbocycles.